The SMILES string of the molecule is Cc1cccc2c1c1ccc(Oc3ccc4c5ccccc5n(-c5ccccn5)c4c3)cc1c1nnc(-c3c(CC(C)C)cccc3CC(C)C)n21. The van der Waals surface area contributed by atoms with E-state index in [9.17, 15) is 0 Å². The van der Waals surface area contributed by atoms with Gasteiger partial charge >= 0.3 is 0 Å². The number of para-hydroxylation sites is 1. The summed E-state index contributed by atoms with van der Waals surface area (Å²) in [5.74, 6) is 4.29. The van der Waals surface area contributed by atoms with Gasteiger partial charge in [0.05, 0.1) is 16.6 Å². The summed E-state index contributed by atoms with van der Waals surface area (Å²) in [4.78, 5) is 4.70. The Labute approximate surface area is 303 Å². The molecule has 0 saturated heterocycles. The van der Waals surface area contributed by atoms with Crippen LogP contribution in [0.2, 0.25) is 0 Å². The first-order chi connectivity index (χ1) is 25.4. The zero-order chi connectivity index (χ0) is 35.5. The molecule has 0 N–H and O–H groups in total. The van der Waals surface area contributed by atoms with Crippen LogP contribution in [0.1, 0.15) is 44.4 Å². The molecule has 0 atom stereocenters. The Morgan fingerprint density at radius 2 is 1.27 bits per heavy atom. The molecule has 0 spiro atoms. The monoisotopic (exact) mass is 679 g/mol. The number of pyridine rings is 2. The molecule has 4 aromatic heterocycles. The Kier molecular flexibility index (Phi) is 7.76. The van der Waals surface area contributed by atoms with Crippen LogP contribution in [-0.4, -0.2) is 24.1 Å². The number of aromatic nitrogens is 5. The Hall–Kier alpha value is -6.01. The van der Waals surface area contributed by atoms with E-state index in [2.05, 4.69) is 141 Å². The van der Waals surface area contributed by atoms with Crippen molar-refractivity contribution in [2.24, 2.45) is 11.8 Å². The van der Waals surface area contributed by atoms with Crippen LogP contribution >= 0.6 is 0 Å². The number of hydrogen-bond donors (Lipinski definition) is 0. The molecule has 0 fully saturated rings. The quantitative estimate of drug-likeness (QED) is 0.150. The van der Waals surface area contributed by atoms with Gasteiger partial charge in [-0.2, -0.15) is 0 Å². The van der Waals surface area contributed by atoms with E-state index in [0.29, 0.717) is 11.8 Å². The standard InChI is InChI=1S/C46H41N5O/c1-28(2)24-31-13-11-14-32(25-29(3)4)44(31)46-49-48-45-38-26-33(20-22-37(38)43-30(5)12-10-17-40(43)51(45)46)52-34-19-21-36-35-15-6-7-16-39(35)50(41(36)27-34)42-18-8-9-23-47-42/h6-23,26-29H,24-25H2,1-5H3. The van der Waals surface area contributed by atoms with E-state index in [1.54, 1.807) is 0 Å². The van der Waals surface area contributed by atoms with Crippen LogP contribution in [0.15, 0.2) is 121 Å². The molecule has 6 nitrogen and oxygen atoms in total. The van der Waals surface area contributed by atoms with Crippen LogP contribution in [0, 0.1) is 18.8 Å². The lowest BCUT2D eigenvalue weighted by Crippen LogP contribution is -2.06. The number of fused-ring (bicyclic) bond motifs is 9. The molecule has 0 radical (unpaired) electrons. The Balaban J connectivity index is 1.23. The van der Waals surface area contributed by atoms with Crippen molar-refractivity contribution in [2.45, 2.75) is 47.5 Å². The van der Waals surface area contributed by atoms with Crippen LogP contribution in [-0.2, 0) is 12.8 Å². The summed E-state index contributed by atoms with van der Waals surface area (Å²) in [5, 5.41) is 15.6. The largest absolute Gasteiger partial charge is 0.457 e. The first-order valence-electron chi connectivity index (χ1n) is 18.3. The maximum absolute atomic E-state index is 6.70. The second-order valence-electron chi connectivity index (χ2n) is 14.8. The molecular weight excluding hydrogens is 639 g/mol. The van der Waals surface area contributed by atoms with Crippen LogP contribution < -0.4 is 4.74 Å². The molecule has 52 heavy (non-hydrogen) atoms. The molecule has 9 aromatic rings. The molecule has 6 heteroatoms. The molecule has 0 aliphatic rings. The highest BCUT2D eigenvalue weighted by Crippen LogP contribution is 2.40. The van der Waals surface area contributed by atoms with E-state index in [1.165, 1.54) is 33.0 Å². The van der Waals surface area contributed by atoms with Crippen molar-refractivity contribution in [3.63, 3.8) is 0 Å². The number of rotatable bonds is 8. The van der Waals surface area contributed by atoms with E-state index in [4.69, 9.17) is 19.9 Å². The van der Waals surface area contributed by atoms with Crippen molar-refractivity contribution in [1.82, 2.24) is 24.1 Å². The molecule has 0 saturated carbocycles. The third kappa shape index (κ3) is 5.29. The first-order valence-corrected chi connectivity index (χ1v) is 18.3. The van der Waals surface area contributed by atoms with E-state index in [0.717, 1.165) is 74.3 Å². The average Bonchev–Trinajstić information content (AvgIpc) is 3.72. The van der Waals surface area contributed by atoms with Crippen molar-refractivity contribution in [1.29, 1.82) is 0 Å². The average molecular weight is 680 g/mol. The molecule has 0 amide bonds. The number of aryl methyl sites for hydroxylation is 1. The Morgan fingerprint density at radius 1 is 0.596 bits per heavy atom. The summed E-state index contributed by atoms with van der Waals surface area (Å²) >= 11 is 0. The van der Waals surface area contributed by atoms with Gasteiger partial charge in [0.2, 0.25) is 0 Å². The second kappa shape index (κ2) is 12.6. The minimum absolute atomic E-state index is 0.510. The third-order valence-electron chi connectivity index (χ3n) is 10.1. The van der Waals surface area contributed by atoms with Crippen LogP contribution in [0.4, 0.5) is 0 Å². The number of nitrogens with zero attached hydrogens (tertiary/aromatic N) is 5. The molecule has 0 aliphatic heterocycles. The van der Waals surface area contributed by atoms with Gasteiger partial charge in [0, 0.05) is 39.4 Å². The Bertz CT molecular complexity index is 2760. The van der Waals surface area contributed by atoms with Crippen molar-refractivity contribution in [3.8, 4) is 28.7 Å². The van der Waals surface area contributed by atoms with Gasteiger partial charge in [-0.05, 0) is 108 Å². The minimum atomic E-state index is 0.510. The molecule has 0 unspecified atom stereocenters. The predicted octanol–water partition coefficient (Wildman–Crippen LogP) is 11.7. The van der Waals surface area contributed by atoms with Crippen molar-refractivity contribution in [3.05, 3.63) is 138 Å². The summed E-state index contributed by atoms with van der Waals surface area (Å²) in [6.07, 6.45) is 3.78. The molecular formula is C46H41N5O. The van der Waals surface area contributed by atoms with Gasteiger partial charge in [0.15, 0.2) is 11.5 Å². The van der Waals surface area contributed by atoms with Crippen LogP contribution in [0.25, 0.3) is 66.3 Å². The van der Waals surface area contributed by atoms with Gasteiger partial charge in [-0.1, -0.05) is 82.3 Å². The lowest BCUT2D eigenvalue weighted by Gasteiger charge is -2.18. The van der Waals surface area contributed by atoms with Crippen molar-refractivity contribution >= 4 is 49.1 Å². The van der Waals surface area contributed by atoms with Gasteiger partial charge in [-0.3, -0.25) is 8.97 Å². The fraction of sp³-hybridized carbons (Fsp3) is 0.196. The lowest BCUT2D eigenvalue weighted by atomic mass is 9.90. The van der Waals surface area contributed by atoms with Gasteiger partial charge < -0.3 is 4.74 Å². The van der Waals surface area contributed by atoms with Crippen LogP contribution in [0.3, 0.4) is 0 Å². The number of ether oxygens (including phenoxy) is 1. The normalized spacial score (nSPS) is 12.1. The van der Waals surface area contributed by atoms with Gasteiger partial charge in [0.1, 0.15) is 17.3 Å². The van der Waals surface area contributed by atoms with E-state index >= 15 is 0 Å². The maximum atomic E-state index is 6.70. The highest BCUT2D eigenvalue weighted by atomic mass is 16.5. The summed E-state index contributed by atoms with van der Waals surface area (Å²) in [6, 6.07) is 40.4. The minimum Gasteiger partial charge on any atom is -0.457 e. The van der Waals surface area contributed by atoms with Crippen molar-refractivity contribution < 1.29 is 4.74 Å². The fourth-order valence-corrected chi connectivity index (χ4v) is 8.07. The zero-order valence-corrected chi connectivity index (χ0v) is 30.3. The maximum Gasteiger partial charge on any atom is 0.169 e. The number of hydrogen-bond acceptors (Lipinski definition) is 4. The van der Waals surface area contributed by atoms with Gasteiger partial charge in [-0.15, -0.1) is 10.2 Å². The van der Waals surface area contributed by atoms with E-state index < -0.39 is 0 Å². The predicted molar refractivity (Wildman–Crippen MR) is 214 cm³/mol. The van der Waals surface area contributed by atoms with E-state index in [-0.39, 0.29) is 0 Å². The lowest BCUT2D eigenvalue weighted by molar-refractivity contribution is 0.484. The third-order valence-corrected chi connectivity index (χ3v) is 10.1. The molecule has 4 heterocycles. The fourth-order valence-electron chi connectivity index (χ4n) is 8.07. The molecule has 9 rings (SSSR count). The first kappa shape index (κ1) is 31.9. The summed E-state index contributed by atoms with van der Waals surface area (Å²) in [5.41, 5.74) is 9.15. The number of benzene rings is 5. The van der Waals surface area contributed by atoms with Gasteiger partial charge in [-0.25, -0.2) is 4.98 Å². The van der Waals surface area contributed by atoms with Crippen LogP contribution in [0.5, 0.6) is 11.5 Å². The van der Waals surface area contributed by atoms with E-state index in [1.807, 2.05) is 24.4 Å². The molecule has 0 aliphatic carbocycles. The van der Waals surface area contributed by atoms with Crippen molar-refractivity contribution in [2.75, 3.05) is 0 Å². The second-order valence-corrected chi connectivity index (χ2v) is 14.8. The molecule has 256 valence electrons. The molecule has 0 bridgehead atoms. The highest BCUT2D eigenvalue weighted by Gasteiger charge is 2.22. The highest BCUT2D eigenvalue weighted by molar-refractivity contribution is 6.14. The zero-order valence-electron chi connectivity index (χ0n) is 30.3. The Morgan fingerprint density at radius 3 is 2.02 bits per heavy atom. The molecule has 5 aromatic carbocycles. The van der Waals surface area contributed by atoms with Gasteiger partial charge in [0.25, 0.3) is 0 Å². The summed E-state index contributed by atoms with van der Waals surface area (Å²) in [7, 11) is 0. The summed E-state index contributed by atoms with van der Waals surface area (Å²) < 4.78 is 11.2. The topological polar surface area (TPSA) is 57.2 Å². The smallest absolute Gasteiger partial charge is 0.169 e. The summed E-state index contributed by atoms with van der Waals surface area (Å²) in [6.45, 7) is 11.3.